The van der Waals surface area contributed by atoms with Gasteiger partial charge in [0.1, 0.15) is 6.61 Å². The molecule has 1 aliphatic rings. The summed E-state index contributed by atoms with van der Waals surface area (Å²) >= 11 is 0. The molecule has 1 radical (unpaired) electrons. The maximum atomic E-state index is 11.1. The lowest BCUT2D eigenvalue weighted by Gasteiger charge is -2.12. The van der Waals surface area contributed by atoms with Crippen molar-refractivity contribution < 1.29 is 9.53 Å². The molecule has 3 nitrogen and oxygen atoms in total. The molecule has 65 valence electrons. The zero-order valence-corrected chi connectivity index (χ0v) is 6.95. The number of likely N-dealkylation sites (tertiary alicyclic amines) is 1. The van der Waals surface area contributed by atoms with Crippen LogP contribution in [0.4, 0.5) is 4.79 Å². The van der Waals surface area contributed by atoms with Crippen LogP contribution in [0.2, 0.25) is 0 Å². The zero-order valence-electron chi connectivity index (χ0n) is 6.95. The minimum Gasteiger partial charge on any atom is -0.445 e. The van der Waals surface area contributed by atoms with E-state index in [2.05, 4.69) is 13.2 Å². The maximum Gasteiger partial charge on any atom is 0.410 e. The summed E-state index contributed by atoms with van der Waals surface area (Å²) in [6, 6.07) is 0. The van der Waals surface area contributed by atoms with Gasteiger partial charge in [-0.15, -0.1) is 0 Å². The summed E-state index contributed by atoms with van der Waals surface area (Å²) in [5, 5.41) is 0. The van der Waals surface area contributed by atoms with Crippen LogP contribution in [0.5, 0.6) is 0 Å². The summed E-state index contributed by atoms with van der Waals surface area (Å²) in [6.07, 6.45) is 1.99. The normalized spacial score (nSPS) is 16.3. The van der Waals surface area contributed by atoms with E-state index in [1.807, 2.05) is 0 Å². The van der Waals surface area contributed by atoms with Crippen molar-refractivity contribution in [1.82, 2.24) is 4.90 Å². The fraction of sp³-hybridized carbons (Fsp3) is 0.333. The van der Waals surface area contributed by atoms with Crippen LogP contribution in [0.3, 0.4) is 0 Å². The van der Waals surface area contributed by atoms with Crippen molar-refractivity contribution in [3.05, 3.63) is 31.4 Å². The number of carbonyl (C=O) groups is 1. The lowest BCUT2D eigenvalue weighted by Crippen LogP contribution is -2.25. The van der Waals surface area contributed by atoms with E-state index >= 15 is 0 Å². The molecule has 1 saturated heterocycles. The third-order valence-corrected chi connectivity index (χ3v) is 1.55. The Morgan fingerprint density at radius 3 is 3.08 bits per heavy atom. The highest BCUT2D eigenvalue weighted by Gasteiger charge is 2.21. The molecule has 3 heteroatoms. The number of rotatable bonds is 2. The Labute approximate surface area is 72.3 Å². The lowest BCUT2D eigenvalue weighted by molar-refractivity contribution is 0.129. The van der Waals surface area contributed by atoms with Gasteiger partial charge in [0.2, 0.25) is 0 Å². The van der Waals surface area contributed by atoms with Crippen LogP contribution >= 0.6 is 0 Å². The third-order valence-electron chi connectivity index (χ3n) is 1.55. The molecule has 0 aliphatic carbocycles. The third kappa shape index (κ3) is 2.12. The van der Waals surface area contributed by atoms with E-state index in [1.165, 1.54) is 4.90 Å². The van der Waals surface area contributed by atoms with Crippen LogP contribution in [0.1, 0.15) is 6.42 Å². The number of ether oxygens (including phenoxy) is 1. The van der Waals surface area contributed by atoms with Crippen molar-refractivity contribution in [2.45, 2.75) is 6.42 Å². The Balaban J connectivity index is 2.32. The van der Waals surface area contributed by atoms with Crippen LogP contribution in [0, 0.1) is 6.54 Å². The van der Waals surface area contributed by atoms with Crippen molar-refractivity contribution in [3.63, 3.8) is 0 Å². The van der Waals surface area contributed by atoms with E-state index in [1.54, 1.807) is 12.6 Å². The number of nitrogens with zero attached hydrogens (tertiary/aromatic N) is 1. The van der Waals surface area contributed by atoms with Gasteiger partial charge < -0.3 is 4.74 Å². The number of amides is 1. The minimum atomic E-state index is -0.325. The number of hydrogen-bond acceptors (Lipinski definition) is 2. The molecule has 0 atom stereocenters. The first-order valence-electron chi connectivity index (χ1n) is 3.78. The monoisotopic (exact) mass is 166 g/mol. The van der Waals surface area contributed by atoms with E-state index in [9.17, 15) is 4.79 Å². The molecule has 0 bridgehead atoms. The molecule has 1 fully saturated rings. The van der Waals surface area contributed by atoms with Gasteiger partial charge in [0.25, 0.3) is 0 Å². The average molecular weight is 166 g/mol. The smallest absolute Gasteiger partial charge is 0.410 e. The van der Waals surface area contributed by atoms with E-state index < -0.39 is 0 Å². The summed E-state index contributed by atoms with van der Waals surface area (Å²) in [5.74, 6) is 0. The molecular formula is C9H12NO2. The molecule has 0 aromatic carbocycles. The molecular weight excluding hydrogens is 154 g/mol. The molecule has 0 aromatic heterocycles. The predicted octanol–water partition coefficient (Wildman–Crippen LogP) is 1.73. The molecule has 1 aliphatic heterocycles. The Hall–Kier alpha value is -1.25. The topological polar surface area (TPSA) is 29.5 Å². The van der Waals surface area contributed by atoms with Crippen LogP contribution in [-0.4, -0.2) is 24.1 Å². The van der Waals surface area contributed by atoms with Gasteiger partial charge in [-0.05, 0) is 6.42 Å². The summed E-state index contributed by atoms with van der Waals surface area (Å²) in [5.41, 5.74) is 1.03. The fourth-order valence-electron chi connectivity index (χ4n) is 0.962. The second-order valence-corrected chi connectivity index (χ2v) is 2.63. The maximum absolute atomic E-state index is 11.1. The van der Waals surface area contributed by atoms with Crippen molar-refractivity contribution in [3.8, 4) is 0 Å². The molecule has 1 heterocycles. The Kier molecular flexibility index (Phi) is 2.91. The van der Waals surface area contributed by atoms with E-state index in [-0.39, 0.29) is 12.7 Å². The fourth-order valence-corrected chi connectivity index (χ4v) is 0.962. The van der Waals surface area contributed by atoms with Crippen LogP contribution < -0.4 is 0 Å². The van der Waals surface area contributed by atoms with Crippen molar-refractivity contribution >= 4 is 6.09 Å². The lowest BCUT2D eigenvalue weighted by atomic mass is 10.3. The van der Waals surface area contributed by atoms with Gasteiger partial charge >= 0.3 is 6.09 Å². The first-order valence-corrected chi connectivity index (χ1v) is 3.78. The van der Waals surface area contributed by atoms with E-state index in [0.717, 1.165) is 12.0 Å². The van der Waals surface area contributed by atoms with Crippen LogP contribution in [0.15, 0.2) is 24.8 Å². The molecule has 0 unspecified atom stereocenters. The summed E-state index contributed by atoms with van der Waals surface area (Å²) in [7, 11) is 0. The van der Waals surface area contributed by atoms with Gasteiger partial charge in [-0.2, -0.15) is 0 Å². The quantitative estimate of drug-likeness (QED) is 0.585. The summed E-state index contributed by atoms with van der Waals surface area (Å²) < 4.78 is 4.82. The van der Waals surface area contributed by atoms with Gasteiger partial charge in [-0.1, -0.05) is 24.8 Å². The predicted molar refractivity (Wildman–Crippen MR) is 46.3 cm³/mol. The number of hydrogen-bond donors (Lipinski definition) is 0. The van der Waals surface area contributed by atoms with Crippen LogP contribution in [0.25, 0.3) is 0 Å². The van der Waals surface area contributed by atoms with Gasteiger partial charge in [0, 0.05) is 6.54 Å². The van der Waals surface area contributed by atoms with Crippen molar-refractivity contribution in [1.29, 1.82) is 0 Å². The Bertz CT molecular complexity index is 211. The summed E-state index contributed by atoms with van der Waals surface area (Å²) in [4.78, 5) is 12.7. The van der Waals surface area contributed by atoms with Gasteiger partial charge in [-0.25, -0.2) is 4.79 Å². The highest BCUT2D eigenvalue weighted by Crippen LogP contribution is 2.17. The first kappa shape index (κ1) is 8.84. The van der Waals surface area contributed by atoms with E-state index in [4.69, 9.17) is 4.74 Å². The average Bonchev–Trinajstić information content (AvgIpc) is 2.47. The molecule has 0 aromatic rings. The second kappa shape index (κ2) is 3.95. The molecule has 12 heavy (non-hydrogen) atoms. The molecule has 0 N–H and O–H groups in total. The van der Waals surface area contributed by atoms with Gasteiger partial charge in [-0.3, -0.25) is 4.90 Å². The highest BCUT2D eigenvalue weighted by molar-refractivity contribution is 5.69. The Morgan fingerprint density at radius 1 is 1.83 bits per heavy atom. The molecule has 0 saturated carbocycles. The molecule has 1 amide bonds. The molecule has 1 rings (SSSR count). The van der Waals surface area contributed by atoms with Gasteiger partial charge in [0.05, 0.1) is 6.54 Å². The standard InChI is InChI=1S/C9H12NO2/c1-3-6-12-9(11)10-5-4-8(2)7-10/h3,5H,1-2,4,6-7H2. The molecule has 0 spiro atoms. The SMILES string of the molecule is C=CCOC(=O)N1[CH]CC(=C)C1. The largest absolute Gasteiger partial charge is 0.445 e. The van der Waals surface area contributed by atoms with Gasteiger partial charge in [0.15, 0.2) is 0 Å². The second-order valence-electron chi connectivity index (χ2n) is 2.63. The Morgan fingerprint density at radius 2 is 2.58 bits per heavy atom. The number of carbonyl (C=O) groups excluding carboxylic acids is 1. The minimum absolute atomic E-state index is 0.260. The summed E-state index contributed by atoms with van der Waals surface area (Å²) in [6.45, 7) is 9.84. The highest BCUT2D eigenvalue weighted by atomic mass is 16.6. The van der Waals surface area contributed by atoms with Crippen molar-refractivity contribution in [2.24, 2.45) is 0 Å². The first-order chi connectivity index (χ1) is 5.74. The van der Waals surface area contributed by atoms with E-state index in [0.29, 0.717) is 6.54 Å². The zero-order chi connectivity index (χ0) is 8.97. The van der Waals surface area contributed by atoms with Crippen LogP contribution in [-0.2, 0) is 4.74 Å². The van der Waals surface area contributed by atoms with Crippen molar-refractivity contribution in [2.75, 3.05) is 13.2 Å².